The largest absolute Gasteiger partial charge is 0.326 e. The van der Waals surface area contributed by atoms with Gasteiger partial charge in [-0.1, -0.05) is 12.1 Å². The summed E-state index contributed by atoms with van der Waals surface area (Å²) in [6, 6.07) is 11.9. The Morgan fingerprint density at radius 3 is 2.74 bits per heavy atom. The Hall–Kier alpha value is -3.99. The third-order valence-electron chi connectivity index (χ3n) is 6.96. The fourth-order valence-electron chi connectivity index (χ4n) is 4.98. The van der Waals surface area contributed by atoms with Crippen LogP contribution in [0.15, 0.2) is 48.9 Å². The summed E-state index contributed by atoms with van der Waals surface area (Å²) in [5.41, 5.74) is 3.61. The van der Waals surface area contributed by atoms with Crippen LogP contribution in [0.25, 0.3) is 22.4 Å². The van der Waals surface area contributed by atoms with Gasteiger partial charge < -0.3 is 10.2 Å². The topological polar surface area (TPSA) is 104 Å². The lowest BCUT2D eigenvalue weighted by Gasteiger charge is -2.22. The SMILES string of the molecule is CC(=O)Nc1cccc(-c2cnn(C(C)C)c2)c1-c1cc(N2CC[C@@](C#N)(C3CC3)C2=O)ccn1. The van der Waals surface area contributed by atoms with Crippen molar-refractivity contribution in [3.8, 4) is 28.5 Å². The summed E-state index contributed by atoms with van der Waals surface area (Å²) in [4.78, 5) is 31.7. The van der Waals surface area contributed by atoms with Crippen molar-refractivity contribution in [1.29, 1.82) is 5.26 Å². The van der Waals surface area contributed by atoms with Gasteiger partial charge >= 0.3 is 0 Å². The molecule has 1 aromatic carbocycles. The average Bonchev–Trinajstić information content (AvgIpc) is 3.46. The van der Waals surface area contributed by atoms with E-state index in [0.29, 0.717) is 30.0 Å². The molecular formula is C27H28N6O2. The lowest BCUT2D eigenvalue weighted by Crippen LogP contribution is -2.35. The van der Waals surface area contributed by atoms with E-state index in [9.17, 15) is 14.9 Å². The summed E-state index contributed by atoms with van der Waals surface area (Å²) in [5, 5.41) is 17.3. The Morgan fingerprint density at radius 2 is 2.09 bits per heavy atom. The molecule has 1 aliphatic heterocycles. The number of amides is 2. The molecule has 0 unspecified atom stereocenters. The van der Waals surface area contributed by atoms with E-state index in [1.807, 2.05) is 35.1 Å². The Morgan fingerprint density at radius 1 is 1.29 bits per heavy atom. The second kappa shape index (κ2) is 8.66. The van der Waals surface area contributed by atoms with Crippen molar-refractivity contribution in [2.24, 2.45) is 11.3 Å². The van der Waals surface area contributed by atoms with E-state index in [1.54, 1.807) is 23.4 Å². The van der Waals surface area contributed by atoms with E-state index in [0.717, 1.165) is 29.5 Å². The van der Waals surface area contributed by atoms with Gasteiger partial charge in [-0.25, -0.2) is 0 Å². The van der Waals surface area contributed by atoms with Gasteiger partial charge in [0, 0.05) is 48.7 Å². The summed E-state index contributed by atoms with van der Waals surface area (Å²) in [7, 11) is 0. The molecular weight excluding hydrogens is 440 g/mol. The highest BCUT2D eigenvalue weighted by atomic mass is 16.2. The number of anilines is 2. The van der Waals surface area contributed by atoms with Crippen LogP contribution in [0.3, 0.4) is 0 Å². The number of hydrogen-bond acceptors (Lipinski definition) is 5. The van der Waals surface area contributed by atoms with E-state index in [1.165, 1.54) is 6.92 Å². The fraction of sp³-hybridized carbons (Fsp3) is 0.370. The van der Waals surface area contributed by atoms with Gasteiger partial charge in [0.05, 0.1) is 23.6 Å². The van der Waals surface area contributed by atoms with Gasteiger partial charge in [0.2, 0.25) is 11.8 Å². The molecule has 1 saturated carbocycles. The molecule has 0 radical (unpaired) electrons. The Kier molecular flexibility index (Phi) is 5.64. The van der Waals surface area contributed by atoms with Gasteiger partial charge in [0.15, 0.2) is 0 Å². The molecule has 2 amide bonds. The number of rotatable bonds is 6. The van der Waals surface area contributed by atoms with Gasteiger partial charge in [-0.3, -0.25) is 19.3 Å². The maximum Gasteiger partial charge on any atom is 0.247 e. The maximum atomic E-state index is 13.4. The molecule has 3 heterocycles. The molecule has 2 fully saturated rings. The summed E-state index contributed by atoms with van der Waals surface area (Å²) < 4.78 is 1.89. The number of nitriles is 1. The van der Waals surface area contributed by atoms with Crippen LogP contribution in [-0.2, 0) is 9.59 Å². The van der Waals surface area contributed by atoms with Crippen molar-refractivity contribution < 1.29 is 9.59 Å². The van der Waals surface area contributed by atoms with Crippen molar-refractivity contribution in [1.82, 2.24) is 14.8 Å². The highest BCUT2D eigenvalue weighted by molar-refractivity contribution is 6.03. The summed E-state index contributed by atoms with van der Waals surface area (Å²) in [6.07, 6.45) is 7.88. The molecule has 5 rings (SSSR count). The molecule has 35 heavy (non-hydrogen) atoms. The molecule has 2 aromatic heterocycles. The number of carbonyl (C=O) groups excluding carboxylic acids is 2. The Labute approximate surface area is 204 Å². The molecule has 3 aromatic rings. The minimum Gasteiger partial charge on any atom is -0.326 e. The second-order valence-corrected chi connectivity index (χ2v) is 9.68. The Bertz CT molecular complexity index is 1350. The molecule has 0 spiro atoms. The van der Waals surface area contributed by atoms with Crippen molar-refractivity contribution in [3.63, 3.8) is 0 Å². The van der Waals surface area contributed by atoms with Crippen molar-refractivity contribution >= 4 is 23.2 Å². The number of nitrogens with zero attached hydrogens (tertiary/aromatic N) is 5. The predicted molar refractivity (Wildman–Crippen MR) is 133 cm³/mol. The van der Waals surface area contributed by atoms with Crippen LogP contribution in [-0.4, -0.2) is 33.1 Å². The average molecular weight is 469 g/mol. The molecule has 1 saturated heterocycles. The van der Waals surface area contributed by atoms with Gasteiger partial charge in [-0.2, -0.15) is 10.4 Å². The Balaban J connectivity index is 1.59. The zero-order valence-electron chi connectivity index (χ0n) is 20.2. The van der Waals surface area contributed by atoms with Gasteiger partial charge in [0.25, 0.3) is 0 Å². The van der Waals surface area contributed by atoms with E-state index < -0.39 is 5.41 Å². The predicted octanol–water partition coefficient (Wildman–Crippen LogP) is 4.81. The van der Waals surface area contributed by atoms with E-state index in [4.69, 9.17) is 0 Å². The molecule has 1 aliphatic carbocycles. The van der Waals surface area contributed by atoms with E-state index in [2.05, 4.69) is 35.3 Å². The summed E-state index contributed by atoms with van der Waals surface area (Å²) in [5.74, 6) is -0.139. The first-order chi connectivity index (χ1) is 16.8. The number of hydrogen-bond donors (Lipinski definition) is 1. The summed E-state index contributed by atoms with van der Waals surface area (Å²) in [6.45, 7) is 6.10. The monoisotopic (exact) mass is 468 g/mol. The minimum absolute atomic E-state index is 0.117. The molecule has 8 heteroatoms. The molecule has 1 N–H and O–H groups in total. The number of aromatic nitrogens is 3. The van der Waals surface area contributed by atoms with Crippen LogP contribution in [0.4, 0.5) is 11.4 Å². The minimum atomic E-state index is -0.909. The number of nitrogens with one attached hydrogen (secondary N) is 1. The van der Waals surface area contributed by atoms with Gasteiger partial charge in [-0.05, 0) is 62.8 Å². The molecule has 1 atom stereocenters. The van der Waals surface area contributed by atoms with Crippen LogP contribution in [0.5, 0.6) is 0 Å². The maximum absolute atomic E-state index is 13.4. The summed E-state index contributed by atoms with van der Waals surface area (Å²) >= 11 is 0. The van der Waals surface area contributed by atoms with Crippen LogP contribution in [0, 0.1) is 22.7 Å². The highest BCUT2D eigenvalue weighted by Gasteiger charge is 2.56. The van der Waals surface area contributed by atoms with Crippen LogP contribution >= 0.6 is 0 Å². The quantitative estimate of drug-likeness (QED) is 0.559. The number of pyridine rings is 1. The zero-order valence-corrected chi connectivity index (χ0v) is 20.2. The highest BCUT2D eigenvalue weighted by Crippen LogP contribution is 2.52. The lowest BCUT2D eigenvalue weighted by molar-refractivity contribution is -0.123. The smallest absolute Gasteiger partial charge is 0.247 e. The molecule has 8 nitrogen and oxygen atoms in total. The fourth-order valence-corrected chi connectivity index (χ4v) is 4.98. The van der Waals surface area contributed by atoms with Crippen molar-refractivity contribution in [2.45, 2.75) is 46.1 Å². The first-order valence-corrected chi connectivity index (χ1v) is 12.0. The standard InChI is InChI=1S/C27H28N6O2/c1-17(2)33-15-19(14-30-33)22-5-4-6-23(31-18(3)34)25(22)24-13-21(9-11-29-24)32-12-10-27(16-28,26(32)35)20-7-8-20/h4-6,9,11,13-15,17,20H,7-8,10,12H2,1-3H3,(H,31,34)/t27-/m1/s1. The molecule has 178 valence electrons. The number of carbonyl (C=O) groups is 2. The first-order valence-electron chi connectivity index (χ1n) is 12.0. The zero-order chi connectivity index (χ0) is 24.7. The lowest BCUT2D eigenvalue weighted by atomic mass is 9.83. The van der Waals surface area contributed by atoms with Crippen LogP contribution in [0.2, 0.25) is 0 Å². The van der Waals surface area contributed by atoms with E-state index >= 15 is 0 Å². The third kappa shape index (κ3) is 3.97. The van der Waals surface area contributed by atoms with Gasteiger partial charge in [-0.15, -0.1) is 0 Å². The third-order valence-corrected chi connectivity index (χ3v) is 6.96. The van der Waals surface area contributed by atoms with Crippen LogP contribution in [0.1, 0.15) is 46.1 Å². The van der Waals surface area contributed by atoms with Crippen molar-refractivity contribution in [2.75, 3.05) is 16.8 Å². The molecule has 2 aliphatic rings. The van der Waals surface area contributed by atoms with E-state index in [-0.39, 0.29) is 23.8 Å². The van der Waals surface area contributed by atoms with Gasteiger partial charge in [0.1, 0.15) is 5.41 Å². The number of benzene rings is 1. The van der Waals surface area contributed by atoms with Crippen LogP contribution < -0.4 is 10.2 Å². The second-order valence-electron chi connectivity index (χ2n) is 9.68. The first kappa shape index (κ1) is 22.8. The van der Waals surface area contributed by atoms with Crippen molar-refractivity contribution in [3.05, 3.63) is 48.9 Å². The molecule has 0 bridgehead atoms. The normalized spacial score (nSPS) is 19.7.